The van der Waals surface area contributed by atoms with Crippen molar-refractivity contribution in [2.45, 2.75) is 45.2 Å². The molecule has 3 nitrogen and oxygen atoms in total. The zero-order valence-electron chi connectivity index (χ0n) is 13.3. The maximum atomic E-state index is 4.93. The summed E-state index contributed by atoms with van der Waals surface area (Å²) in [6.07, 6.45) is 5.32. The zero-order valence-corrected chi connectivity index (χ0v) is 14.8. The van der Waals surface area contributed by atoms with Gasteiger partial charge in [-0.3, -0.25) is 4.90 Å². The van der Waals surface area contributed by atoms with Gasteiger partial charge in [-0.25, -0.2) is 4.98 Å². The number of hydrogen-bond acceptors (Lipinski definition) is 2. The van der Waals surface area contributed by atoms with Crippen molar-refractivity contribution in [1.82, 2.24) is 14.5 Å². The van der Waals surface area contributed by atoms with Gasteiger partial charge >= 0.3 is 0 Å². The summed E-state index contributed by atoms with van der Waals surface area (Å²) in [5.41, 5.74) is 2.27. The van der Waals surface area contributed by atoms with E-state index in [9.17, 15) is 0 Å². The third-order valence-electron chi connectivity index (χ3n) is 4.58. The minimum absolute atomic E-state index is 0.345. The molecule has 22 heavy (non-hydrogen) atoms. The normalized spacial score (nSPS) is 18.3. The van der Waals surface area contributed by atoms with Gasteiger partial charge < -0.3 is 4.57 Å². The lowest BCUT2D eigenvalue weighted by molar-refractivity contribution is 0.208. The van der Waals surface area contributed by atoms with Crippen molar-refractivity contribution < 1.29 is 0 Å². The second kappa shape index (κ2) is 6.97. The summed E-state index contributed by atoms with van der Waals surface area (Å²) in [7, 11) is 0. The van der Waals surface area contributed by atoms with Crippen LogP contribution in [-0.4, -0.2) is 27.5 Å². The van der Waals surface area contributed by atoms with Crippen molar-refractivity contribution >= 4 is 27.0 Å². The minimum Gasteiger partial charge on any atom is -0.322 e. The molecule has 1 atom stereocenters. The third-order valence-corrected chi connectivity index (χ3v) is 4.83. The SMILES string of the molecule is C=C(Br)Cn1c(C(C)N2CCCCCC2)nc2ccccc21. The summed E-state index contributed by atoms with van der Waals surface area (Å²) in [5.74, 6) is 1.16. The molecule has 2 heterocycles. The highest BCUT2D eigenvalue weighted by atomic mass is 79.9. The molecule has 4 heteroatoms. The quantitative estimate of drug-likeness (QED) is 0.773. The number of halogens is 1. The molecule has 1 aromatic carbocycles. The summed E-state index contributed by atoms with van der Waals surface area (Å²) < 4.78 is 3.29. The Morgan fingerprint density at radius 3 is 2.59 bits per heavy atom. The number of fused-ring (bicyclic) bond motifs is 1. The van der Waals surface area contributed by atoms with Gasteiger partial charge in [0.15, 0.2) is 0 Å². The molecule has 1 aromatic heterocycles. The molecule has 2 aromatic rings. The maximum Gasteiger partial charge on any atom is 0.127 e. The Morgan fingerprint density at radius 2 is 1.91 bits per heavy atom. The largest absolute Gasteiger partial charge is 0.322 e. The summed E-state index contributed by atoms with van der Waals surface area (Å²) in [6, 6.07) is 8.73. The van der Waals surface area contributed by atoms with E-state index in [1.54, 1.807) is 0 Å². The number of aromatic nitrogens is 2. The molecule has 118 valence electrons. The minimum atomic E-state index is 0.345. The second-order valence-electron chi connectivity index (χ2n) is 6.19. The Balaban J connectivity index is 1.98. The summed E-state index contributed by atoms with van der Waals surface area (Å²) in [5, 5.41) is 0. The lowest BCUT2D eigenvalue weighted by Gasteiger charge is -2.27. The van der Waals surface area contributed by atoms with E-state index in [4.69, 9.17) is 4.98 Å². The standard InChI is InChI=1S/C18H24BrN3/c1-14(19)13-22-17-10-6-5-9-16(17)20-18(22)15(2)21-11-7-3-4-8-12-21/h5-6,9-10,15H,1,3-4,7-8,11-13H2,2H3. The number of likely N-dealkylation sites (tertiary alicyclic amines) is 1. The maximum absolute atomic E-state index is 4.93. The summed E-state index contributed by atoms with van der Waals surface area (Å²) in [4.78, 5) is 7.52. The molecule has 1 saturated heterocycles. The predicted molar refractivity (Wildman–Crippen MR) is 96.3 cm³/mol. The van der Waals surface area contributed by atoms with Crippen molar-refractivity contribution in [3.05, 3.63) is 41.2 Å². The van der Waals surface area contributed by atoms with Crippen LogP contribution in [0.2, 0.25) is 0 Å². The molecule has 1 unspecified atom stereocenters. The first-order chi connectivity index (χ1) is 10.7. The van der Waals surface area contributed by atoms with Gasteiger partial charge in [0.2, 0.25) is 0 Å². The average Bonchev–Trinajstić information content (AvgIpc) is 2.70. The number of benzene rings is 1. The number of para-hydroxylation sites is 2. The van der Waals surface area contributed by atoms with Crippen LogP contribution in [0.25, 0.3) is 11.0 Å². The van der Waals surface area contributed by atoms with Gasteiger partial charge in [-0.2, -0.15) is 0 Å². The van der Waals surface area contributed by atoms with Crippen LogP contribution in [0.3, 0.4) is 0 Å². The van der Waals surface area contributed by atoms with Crippen LogP contribution in [0.4, 0.5) is 0 Å². The summed E-state index contributed by atoms with van der Waals surface area (Å²) >= 11 is 3.52. The Hall–Kier alpha value is -1.13. The molecule has 0 N–H and O–H groups in total. The fraction of sp³-hybridized carbons (Fsp3) is 0.500. The fourth-order valence-electron chi connectivity index (χ4n) is 3.40. The zero-order chi connectivity index (χ0) is 15.5. The second-order valence-corrected chi connectivity index (χ2v) is 7.31. The Morgan fingerprint density at radius 1 is 1.23 bits per heavy atom. The lowest BCUT2D eigenvalue weighted by atomic mass is 10.2. The summed E-state index contributed by atoms with van der Waals surface area (Å²) in [6.45, 7) is 9.44. The van der Waals surface area contributed by atoms with Crippen molar-refractivity contribution in [2.24, 2.45) is 0 Å². The van der Waals surface area contributed by atoms with Crippen LogP contribution >= 0.6 is 15.9 Å². The van der Waals surface area contributed by atoms with Gasteiger partial charge in [0.25, 0.3) is 0 Å². The lowest BCUT2D eigenvalue weighted by Crippen LogP contribution is -2.30. The van der Waals surface area contributed by atoms with Crippen molar-refractivity contribution in [2.75, 3.05) is 13.1 Å². The number of allylic oxidation sites excluding steroid dienone is 1. The van der Waals surface area contributed by atoms with Crippen LogP contribution < -0.4 is 0 Å². The van der Waals surface area contributed by atoms with Crippen LogP contribution in [0.5, 0.6) is 0 Å². The first-order valence-electron chi connectivity index (χ1n) is 8.19. The van der Waals surface area contributed by atoms with E-state index in [0.717, 1.165) is 22.4 Å². The van der Waals surface area contributed by atoms with Crippen LogP contribution in [0, 0.1) is 0 Å². The number of imidazole rings is 1. The van der Waals surface area contributed by atoms with E-state index in [2.05, 4.69) is 63.2 Å². The Bertz CT molecular complexity index is 653. The van der Waals surface area contributed by atoms with Crippen LogP contribution in [0.1, 0.15) is 44.5 Å². The molecule has 0 spiro atoms. The van der Waals surface area contributed by atoms with Crippen molar-refractivity contribution in [3.8, 4) is 0 Å². The molecule has 1 aliphatic rings. The Labute approximate surface area is 141 Å². The van der Waals surface area contributed by atoms with Gasteiger partial charge in [0, 0.05) is 4.48 Å². The molecule has 1 fully saturated rings. The van der Waals surface area contributed by atoms with Crippen molar-refractivity contribution in [3.63, 3.8) is 0 Å². The van der Waals surface area contributed by atoms with Crippen LogP contribution in [-0.2, 0) is 6.54 Å². The molecule has 0 saturated carbocycles. The molecular formula is C18H24BrN3. The number of nitrogens with zero attached hydrogens (tertiary/aromatic N) is 3. The highest BCUT2D eigenvalue weighted by molar-refractivity contribution is 9.11. The molecule has 1 aliphatic heterocycles. The van der Waals surface area contributed by atoms with E-state index >= 15 is 0 Å². The van der Waals surface area contributed by atoms with Gasteiger partial charge in [0.05, 0.1) is 23.6 Å². The smallest absolute Gasteiger partial charge is 0.127 e. The molecule has 0 aliphatic carbocycles. The molecule has 0 bridgehead atoms. The Kier molecular flexibility index (Phi) is 4.99. The number of hydrogen-bond donors (Lipinski definition) is 0. The molecule has 3 rings (SSSR count). The first kappa shape index (κ1) is 15.8. The van der Waals surface area contributed by atoms with Gasteiger partial charge in [-0.15, -0.1) is 0 Å². The van der Waals surface area contributed by atoms with Gasteiger partial charge in [-0.05, 0) is 45.0 Å². The van der Waals surface area contributed by atoms with Crippen LogP contribution in [0.15, 0.2) is 35.3 Å². The molecular weight excluding hydrogens is 338 g/mol. The third kappa shape index (κ3) is 3.28. The van der Waals surface area contributed by atoms with E-state index in [0.29, 0.717) is 6.04 Å². The molecule has 0 amide bonds. The van der Waals surface area contributed by atoms with Gasteiger partial charge in [-0.1, -0.05) is 47.5 Å². The van der Waals surface area contributed by atoms with Gasteiger partial charge in [0.1, 0.15) is 5.82 Å². The first-order valence-corrected chi connectivity index (χ1v) is 8.98. The van der Waals surface area contributed by atoms with E-state index in [1.165, 1.54) is 44.3 Å². The monoisotopic (exact) mass is 361 g/mol. The van der Waals surface area contributed by atoms with E-state index in [-0.39, 0.29) is 0 Å². The topological polar surface area (TPSA) is 21.1 Å². The van der Waals surface area contributed by atoms with E-state index in [1.807, 2.05) is 0 Å². The number of rotatable bonds is 4. The van der Waals surface area contributed by atoms with E-state index < -0.39 is 0 Å². The highest BCUT2D eigenvalue weighted by Crippen LogP contribution is 2.28. The highest BCUT2D eigenvalue weighted by Gasteiger charge is 2.23. The predicted octanol–water partition coefficient (Wildman–Crippen LogP) is 4.88. The fourth-order valence-corrected chi connectivity index (χ4v) is 3.65. The van der Waals surface area contributed by atoms with Crippen molar-refractivity contribution in [1.29, 1.82) is 0 Å². The average molecular weight is 362 g/mol. The molecule has 0 radical (unpaired) electrons.